The maximum absolute atomic E-state index is 13.0. The minimum atomic E-state index is -0.383. The first kappa shape index (κ1) is 16.2. The maximum atomic E-state index is 13.0. The van der Waals surface area contributed by atoms with E-state index < -0.39 is 0 Å². The fraction of sp³-hybridized carbons (Fsp3) is 0.333. The fourth-order valence-corrected chi connectivity index (χ4v) is 2.99. The van der Waals surface area contributed by atoms with E-state index in [0.717, 1.165) is 6.42 Å². The van der Waals surface area contributed by atoms with Gasteiger partial charge in [0.25, 0.3) is 5.91 Å². The second-order valence-electron chi connectivity index (χ2n) is 6.15. The normalized spacial score (nSPS) is 20.8. The standard InChI is InChI=1S/C18H19FN2O3/c1-11-2-3-13(17(20)22)10-21(11)18(23)16-9-8-15(24-16)12-4-6-14(19)7-5-12/h4-9,11,13H,2-3,10H2,1H3,(H2,20,22)/t11-,13+/m1/s1. The molecule has 1 fully saturated rings. The Labute approximate surface area is 139 Å². The molecule has 1 saturated heterocycles. The largest absolute Gasteiger partial charge is 0.451 e. The summed E-state index contributed by atoms with van der Waals surface area (Å²) in [6.07, 6.45) is 1.42. The van der Waals surface area contributed by atoms with Crippen molar-refractivity contribution in [2.45, 2.75) is 25.8 Å². The van der Waals surface area contributed by atoms with Crippen molar-refractivity contribution in [1.82, 2.24) is 4.90 Å². The average Bonchev–Trinajstić information content (AvgIpc) is 3.05. The van der Waals surface area contributed by atoms with E-state index in [1.807, 2.05) is 6.92 Å². The number of nitrogens with zero attached hydrogens (tertiary/aromatic N) is 1. The molecule has 2 atom stereocenters. The van der Waals surface area contributed by atoms with E-state index in [0.29, 0.717) is 24.3 Å². The number of halogens is 1. The predicted octanol–water partition coefficient (Wildman–Crippen LogP) is 2.81. The molecular weight excluding hydrogens is 311 g/mol. The molecule has 2 amide bonds. The molecule has 0 aliphatic carbocycles. The lowest BCUT2D eigenvalue weighted by atomic mass is 9.93. The van der Waals surface area contributed by atoms with Crippen molar-refractivity contribution >= 4 is 11.8 Å². The zero-order valence-electron chi connectivity index (χ0n) is 13.4. The Morgan fingerprint density at radius 3 is 2.54 bits per heavy atom. The fourth-order valence-electron chi connectivity index (χ4n) is 2.99. The molecule has 126 valence electrons. The number of primary amides is 1. The molecule has 5 nitrogen and oxygen atoms in total. The van der Waals surface area contributed by atoms with Gasteiger partial charge in [-0.1, -0.05) is 0 Å². The lowest BCUT2D eigenvalue weighted by Gasteiger charge is -2.36. The van der Waals surface area contributed by atoms with Crippen LogP contribution in [0.4, 0.5) is 4.39 Å². The molecule has 0 saturated carbocycles. The Morgan fingerprint density at radius 1 is 1.17 bits per heavy atom. The van der Waals surface area contributed by atoms with Crippen LogP contribution in [0.15, 0.2) is 40.8 Å². The second kappa shape index (κ2) is 6.47. The van der Waals surface area contributed by atoms with E-state index in [9.17, 15) is 14.0 Å². The first-order valence-electron chi connectivity index (χ1n) is 7.92. The number of carbonyl (C=O) groups excluding carboxylic acids is 2. The molecule has 1 aromatic heterocycles. The molecule has 1 aromatic carbocycles. The van der Waals surface area contributed by atoms with Gasteiger partial charge in [0.15, 0.2) is 5.76 Å². The lowest BCUT2D eigenvalue weighted by molar-refractivity contribution is -0.123. The number of piperidine rings is 1. The third-order valence-corrected chi connectivity index (χ3v) is 4.49. The highest BCUT2D eigenvalue weighted by Crippen LogP contribution is 2.27. The highest BCUT2D eigenvalue weighted by atomic mass is 19.1. The van der Waals surface area contributed by atoms with Crippen LogP contribution in [0, 0.1) is 11.7 Å². The van der Waals surface area contributed by atoms with Gasteiger partial charge in [-0.25, -0.2) is 4.39 Å². The Morgan fingerprint density at radius 2 is 1.88 bits per heavy atom. The van der Waals surface area contributed by atoms with E-state index in [1.165, 1.54) is 12.1 Å². The van der Waals surface area contributed by atoms with Crippen LogP contribution >= 0.6 is 0 Å². The van der Waals surface area contributed by atoms with E-state index in [4.69, 9.17) is 10.2 Å². The first-order chi connectivity index (χ1) is 11.5. The molecule has 3 rings (SSSR count). The van der Waals surface area contributed by atoms with Gasteiger partial charge < -0.3 is 15.1 Å². The van der Waals surface area contributed by atoms with Gasteiger partial charge in [-0.2, -0.15) is 0 Å². The van der Waals surface area contributed by atoms with Crippen LogP contribution in [0.25, 0.3) is 11.3 Å². The number of nitrogens with two attached hydrogens (primary N) is 1. The molecule has 0 unspecified atom stereocenters. The van der Waals surface area contributed by atoms with Crippen molar-refractivity contribution in [3.05, 3.63) is 48.0 Å². The zero-order valence-corrected chi connectivity index (χ0v) is 13.4. The zero-order chi connectivity index (χ0) is 17.3. The number of benzene rings is 1. The second-order valence-corrected chi connectivity index (χ2v) is 6.15. The van der Waals surface area contributed by atoms with Gasteiger partial charge in [-0.3, -0.25) is 9.59 Å². The number of rotatable bonds is 3. The summed E-state index contributed by atoms with van der Waals surface area (Å²) < 4.78 is 18.6. The summed E-state index contributed by atoms with van der Waals surface area (Å²) in [6, 6.07) is 9.16. The monoisotopic (exact) mass is 330 g/mol. The van der Waals surface area contributed by atoms with Crippen LogP contribution in [0.1, 0.15) is 30.3 Å². The van der Waals surface area contributed by atoms with E-state index >= 15 is 0 Å². The topological polar surface area (TPSA) is 76.5 Å². The molecule has 0 bridgehead atoms. The quantitative estimate of drug-likeness (QED) is 0.940. The third kappa shape index (κ3) is 3.18. The maximum Gasteiger partial charge on any atom is 0.289 e. The van der Waals surface area contributed by atoms with Crippen LogP contribution in [-0.2, 0) is 4.79 Å². The molecular formula is C18H19FN2O3. The number of hydrogen-bond donors (Lipinski definition) is 1. The highest BCUT2D eigenvalue weighted by Gasteiger charge is 2.33. The van der Waals surface area contributed by atoms with Crippen molar-refractivity contribution in [2.24, 2.45) is 11.7 Å². The SMILES string of the molecule is C[C@@H]1CC[C@H](C(N)=O)CN1C(=O)c1ccc(-c2ccc(F)cc2)o1. The van der Waals surface area contributed by atoms with Gasteiger partial charge >= 0.3 is 0 Å². The summed E-state index contributed by atoms with van der Waals surface area (Å²) >= 11 is 0. The molecule has 6 heteroatoms. The van der Waals surface area contributed by atoms with Crippen molar-refractivity contribution in [2.75, 3.05) is 6.54 Å². The molecule has 2 aromatic rings. The van der Waals surface area contributed by atoms with Crippen molar-refractivity contribution in [3.63, 3.8) is 0 Å². The van der Waals surface area contributed by atoms with Crippen LogP contribution in [-0.4, -0.2) is 29.3 Å². The van der Waals surface area contributed by atoms with Crippen LogP contribution in [0.5, 0.6) is 0 Å². The number of carbonyl (C=O) groups is 2. The van der Waals surface area contributed by atoms with E-state index in [2.05, 4.69) is 0 Å². The van der Waals surface area contributed by atoms with E-state index in [1.54, 1.807) is 29.2 Å². The average molecular weight is 330 g/mol. The summed E-state index contributed by atoms with van der Waals surface area (Å²) in [6.45, 7) is 2.25. The van der Waals surface area contributed by atoms with Gasteiger partial charge in [0.1, 0.15) is 11.6 Å². The van der Waals surface area contributed by atoms with Crippen LogP contribution in [0.2, 0.25) is 0 Å². The summed E-state index contributed by atoms with van der Waals surface area (Å²) in [5, 5.41) is 0. The Bertz CT molecular complexity index is 754. The van der Waals surface area contributed by atoms with Gasteiger partial charge in [-0.15, -0.1) is 0 Å². The molecule has 24 heavy (non-hydrogen) atoms. The third-order valence-electron chi connectivity index (χ3n) is 4.49. The predicted molar refractivity (Wildman–Crippen MR) is 86.5 cm³/mol. The molecule has 0 spiro atoms. The minimum absolute atomic E-state index is 0.0208. The van der Waals surface area contributed by atoms with Gasteiger partial charge in [0, 0.05) is 18.2 Å². The first-order valence-corrected chi connectivity index (χ1v) is 7.92. The number of amides is 2. The molecule has 2 heterocycles. The van der Waals surface area contributed by atoms with Gasteiger partial charge in [0.2, 0.25) is 5.91 Å². The Kier molecular flexibility index (Phi) is 4.38. The van der Waals surface area contributed by atoms with Crippen molar-refractivity contribution in [1.29, 1.82) is 0 Å². The van der Waals surface area contributed by atoms with Crippen LogP contribution < -0.4 is 5.73 Å². The number of likely N-dealkylation sites (tertiary alicyclic amines) is 1. The number of hydrogen-bond acceptors (Lipinski definition) is 3. The van der Waals surface area contributed by atoms with Crippen molar-refractivity contribution < 1.29 is 18.4 Å². The minimum Gasteiger partial charge on any atom is -0.451 e. The molecule has 2 N–H and O–H groups in total. The summed E-state index contributed by atoms with van der Waals surface area (Å²) in [4.78, 5) is 25.7. The smallest absolute Gasteiger partial charge is 0.289 e. The molecule has 0 radical (unpaired) electrons. The molecule has 1 aliphatic rings. The summed E-state index contributed by atoms with van der Waals surface area (Å²) in [5.74, 6) is -0.605. The van der Waals surface area contributed by atoms with Crippen LogP contribution in [0.3, 0.4) is 0 Å². The highest BCUT2D eigenvalue weighted by molar-refractivity contribution is 5.93. The van der Waals surface area contributed by atoms with E-state index in [-0.39, 0.29) is 35.4 Å². The summed E-state index contributed by atoms with van der Waals surface area (Å²) in [7, 11) is 0. The van der Waals surface area contributed by atoms with Gasteiger partial charge in [-0.05, 0) is 56.2 Å². The Hall–Kier alpha value is -2.63. The lowest BCUT2D eigenvalue weighted by Crippen LogP contribution is -2.48. The molecule has 1 aliphatic heterocycles. The number of furan rings is 1. The van der Waals surface area contributed by atoms with Crippen molar-refractivity contribution in [3.8, 4) is 11.3 Å². The van der Waals surface area contributed by atoms with Gasteiger partial charge in [0.05, 0.1) is 5.92 Å². The summed E-state index contributed by atoms with van der Waals surface area (Å²) in [5.41, 5.74) is 6.07. The Balaban J connectivity index is 1.80.